The molecule has 2 unspecified atom stereocenters. The third kappa shape index (κ3) is 2.87. The van der Waals surface area contributed by atoms with Crippen LogP contribution in [0.1, 0.15) is 65.2 Å². The summed E-state index contributed by atoms with van der Waals surface area (Å²) in [4.78, 5) is 14.5. The number of ketones is 1. The summed E-state index contributed by atoms with van der Waals surface area (Å²) >= 11 is 0. The second-order valence-corrected chi connectivity index (χ2v) is 10.4. The summed E-state index contributed by atoms with van der Waals surface area (Å²) in [7, 11) is 0. The van der Waals surface area contributed by atoms with E-state index in [1.807, 2.05) is 6.92 Å². The van der Waals surface area contributed by atoms with Crippen molar-refractivity contribution in [2.75, 3.05) is 0 Å². The maximum absolute atomic E-state index is 13.1. The van der Waals surface area contributed by atoms with E-state index in [9.17, 15) is 9.90 Å². The van der Waals surface area contributed by atoms with Gasteiger partial charge in [-0.2, -0.15) is 4.80 Å². The third-order valence-electron chi connectivity index (χ3n) is 8.79. The van der Waals surface area contributed by atoms with Crippen molar-refractivity contribution in [2.45, 2.75) is 77.4 Å². The Morgan fingerprint density at radius 2 is 2.07 bits per heavy atom. The molecule has 1 N–H and O–H groups in total. The van der Waals surface area contributed by atoms with Crippen molar-refractivity contribution in [3.8, 4) is 0 Å². The van der Waals surface area contributed by atoms with E-state index in [1.165, 1.54) is 29.5 Å². The van der Waals surface area contributed by atoms with Crippen LogP contribution in [-0.4, -0.2) is 36.7 Å². The van der Waals surface area contributed by atoms with Crippen LogP contribution in [0.4, 0.5) is 0 Å². The van der Waals surface area contributed by atoms with Crippen LogP contribution in [0.5, 0.6) is 0 Å². The number of tetrazole rings is 1. The number of aliphatic hydroxyl groups is 1. The Kier molecular flexibility index (Phi) is 4.27. The quantitative estimate of drug-likeness (QED) is 0.810. The molecule has 1 aromatic heterocycles. The molecule has 4 aliphatic rings. The number of carbonyl (C=O) groups is 1. The molecule has 3 fully saturated rings. The molecule has 152 valence electrons. The van der Waals surface area contributed by atoms with Crippen molar-refractivity contribution in [3.63, 3.8) is 0 Å². The predicted molar refractivity (Wildman–Crippen MR) is 104 cm³/mol. The van der Waals surface area contributed by atoms with Gasteiger partial charge in [-0.15, -0.1) is 10.2 Å². The Morgan fingerprint density at radius 3 is 2.86 bits per heavy atom. The van der Waals surface area contributed by atoms with Crippen LogP contribution in [0.2, 0.25) is 0 Å². The minimum Gasteiger partial charge on any atom is -0.390 e. The molecule has 7 atom stereocenters. The van der Waals surface area contributed by atoms with Crippen LogP contribution < -0.4 is 0 Å². The van der Waals surface area contributed by atoms with Gasteiger partial charge in [0.15, 0.2) is 12.1 Å². The van der Waals surface area contributed by atoms with Gasteiger partial charge in [-0.05, 0) is 92.6 Å². The molecule has 0 aliphatic heterocycles. The topological polar surface area (TPSA) is 80.9 Å². The highest BCUT2D eigenvalue weighted by molar-refractivity contribution is 5.81. The van der Waals surface area contributed by atoms with E-state index < -0.39 is 5.60 Å². The van der Waals surface area contributed by atoms with E-state index in [2.05, 4.69) is 28.4 Å². The Morgan fingerprint density at radius 1 is 1.21 bits per heavy atom. The van der Waals surface area contributed by atoms with Crippen molar-refractivity contribution in [1.82, 2.24) is 20.2 Å². The van der Waals surface area contributed by atoms with Gasteiger partial charge in [0, 0.05) is 5.92 Å². The number of aromatic nitrogens is 4. The normalized spacial score (nSPS) is 45.0. The standard InChI is InChI=1S/C22H32N4O2/c1-21(28)9-7-15-14(11-21)3-4-17-16(15)8-10-22(2)18(17)5-6-19(22)20(27)12-26-24-13-23-25-26/h3,13,15-19,28H,4-12H2,1-2H3/t15?,16-,17?,18+,19-,21-,22+/m1/s1. The third-order valence-corrected chi connectivity index (χ3v) is 8.79. The molecule has 3 saturated carbocycles. The molecular weight excluding hydrogens is 352 g/mol. The zero-order chi connectivity index (χ0) is 19.5. The number of fused-ring (bicyclic) bond motifs is 5. The number of carbonyl (C=O) groups excluding carboxylic acids is 1. The largest absolute Gasteiger partial charge is 0.390 e. The van der Waals surface area contributed by atoms with Crippen LogP contribution in [0.3, 0.4) is 0 Å². The molecule has 0 bridgehead atoms. The summed E-state index contributed by atoms with van der Waals surface area (Å²) in [5.74, 6) is 3.17. The highest BCUT2D eigenvalue weighted by Crippen LogP contribution is 2.63. The fourth-order valence-electron chi connectivity index (χ4n) is 7.51. The monoisotopic (exact) mass is 384 g/mol. The summed E-state index contributed by atoms with van der Waals surface area (Å²) in [6.45, 7) is 4.62. The van der Waals surface area contributed by atoms with Crippen LogP contribution >= 0.6 is 0 Å². The maximum Gasteiger partial charge on any atom is 0.162 e. The summed E-state index contributed by atoms with van der Waals surface area (Å²) in [6, 6.07) is 0. The first kappa shape index (κ1) is 18.5. The lowest BCUT2D eigenvalue weighted by Crippen LogP contribution is -2.48. The van der Waals surface area contributed by atoms with Crippen molar-refractivity contribution < 1.29 is 9.90 Å². The molecule has 1 heterocycles. The molecule has 0 aromatic carbocycles. The first-order valence-corrected chi connectivity index (χ1v) is 11.0. The van der Waals surface area contributed by atoms with Crippen LogP contribution in [-0.2, 0) is 11.3 Å². The Balaban J connectivity index is 1.35. The van der Waals surface area contributed by atoms with E-state index in [4.69, 9.17) is 0 Å². The molecule has 0 spiro atoms. The van der Waals surface area contributed by atoms with E-state index in [-0.39, 0.29) is 23.7 Å². The molecule has 1 aromatic rings. The van der Waals surface area contributed by atoms with Gasteiger partial charge in [-0.1, -0.05) is 18.6 Å². The first-order chi connectivity index (χ1) is 13.4. The Bertz CT molecular complexity index is 786. The molecule has 4 aliphatic carbocycles. The first-order valence-electron chi connectivity index (χ1n) is 11.0. The number of allylic oxidation sites excluding steroid dienone is 1. The number of Topliss-reactive ketones (excluding diaryl/α,β-unsaturated/α-hetero) is 1. The number of nitrogens with zero attached hydrogens (tertiary/aromatic N) is 4. The number of hydrogen-bond donors (Lipinski definition) is 1. The summed E-state index contributed by atoms with van der Waals surface area (Å²) < 4.78 is 0. The smallest absolute Gasteiger partial charge is 0.162 e. The molecule has 6 nitrogen and oxygen atoms in total. The van der Waals surface area contributed by atoms with Crippen molar-refractivity contribution >= 4 is 5.78 Å². The second-order valence-electron chi connectivity index (χ2n) is 10.4. The molecule has 0 radical (unpaired) electrons. The van der Waals surface area contributed by atoms with Crippen LogP contribution in [0, 0.1) is 35.0 Å². The minimum atomic E-state index is -0.515. The summed E-state index contributed by atoms with van der Waals surface area (Å²) in [5.41, 5.74) is 1.12. The lowest BCUT2D eigenvalue weighted by molar-refractivity contribution is -0.130. The molecule has 0 saturated heterocycles. The summed E-state index contributed by atoms with van der Waals surface area (Å²) in [5, 5.41) is 22.1. The minimum absolute atomic E-state index is 0.115. The SMILES string of the molecule is C[C@@]1(O)CCC2C(=CCC3[C@@H]2CC[C@]2(C)[C@@H](C(=O)Cn4ncnn4)CC[C@@H]32)C1. The van der Waals surface area contributed by atoms with Gasteiger partial charge < -0.3 is 5.11 Å². The number of hydrogen-bond acceptors (Lipinski definition) is 5. The van der Waals surface area contributed by atoms with Crippen LogP contribution in [0.15, 0.2) is 18.0 Å². The summed E-state index contributed by atoms with van der Waals surface area (Å²) in [6.07, 6.45) is 12.5. The highest BCUT2D eigenvalue weighted by Gasteiger charge is 2.57. The average molecular weight is 385 g/mol. The fourth-order valence-corrected chi connectivity index (χ4v) is 7.51. The van der Waals surface area contributed by atoms with Gasteiger partial charge in [0.25, 0.3) is 0 Å². The van der Waals surface area contributed by atoms with Gasteiger partial charge in [0.2, 0.25) is 0 Å². The van der Waals surface area contributed by atoms with Crippen molar-refractivity contribution in [1.29, 1.82) is 0 Å². The van der Waals surface area contributed by atoms with Gasteiger partial charge in [-0.25, -0.2) is 0 Å². The average Bonchev–Trinajstić information content (AvgIpc) is 3.27. The van der Waals surface area contributed by atoms with Gasteiger partial charge in [-0.3, -0.25) is 4.79 Å². The highest BCUT2D eigenvalue weighted by atomic mass is 16.3. The Labute approximate surface area is 166 Å². The van der Waals surface area contributed by atoms with Gasteiger partial charge in [0.05, 0.1) is 5.60 Å². The number of rotatable bonds is 3. The predicted octanol–water partition coefficient (Wildman–Crippen LogP) is 3.18. The lowest BCUT2D eigenvalue weighted by Gasteiger charge is -2.54. The zero-order valence-corrected chi connectivity index (χ0v) is 17.0. The van der Waals surface area contributed by atoms with E-state index in [1.54, 1.807) is 0 Å². The zero-order valence-electron chi connectivity index (χ0n) is 17.0. The fraction of sp³-hybridized carbons (Fsp3) is 0.818. The Hall–Kier alpha value is -1.56. The van der Waals surface area contributed by atoms with E-state index in [0.29, 0.717) is 17.8 Å². The second kappa shape index (κ2) is 6.48. The molecule has 0 amide bonds. The van der Waals surface area contributed by atoms with Crippen molar-refractivity contribution in [2.24, 2.45) is 35.0 Å². The lowest BCUT2D eigenvalue weighted by atomic mass is 9.51. The van der Waals surface area contributed by atoms with Crippen molar-refractivity contribution in [3.05, 3.63) is 18.0 Å². The molecule has 28 heavy (non-hydrogen) atoms. The van der Waals surface area contributed by atoms with Gasteiger partial charge >= 0.3 is 0 Å². The maximum atomic E-state index is 13.1. The molecule has 6 heteroatoms. The van der Waals surface area contributed by atoms with Gasteiger partial charge in [0.1, 0.15) is 6.54 Å². The van der Waals surface area contributed by atoms with E-state index in [0.717, 1.165) is 44.4 Å². The van der Waals surface area contributed by atoms with E-state index >= 15 is 0 Å². The molecular formula is C22H32N4O2. The molecule has 5 rings (SSSR count). The van der Waals surface area contributed by atoms with Crippen LogP contribution in [0.25, 0.3) is 0 Å².